The van der Waals surface area contributed by atoms with Crippen LogP contribution in [-0.4, -0.2) is 27.1 Å². The van der Waals surface area contributed by atoms with Crippen molar-refractivity contribution in [3.8, 4) is 6.01 Å². The van der Waals surface area contributed by atoms with E-state index in [1.165, 1.54) is 23.9 Å². The number of carboxylic acid groups (broad SMARTS) is 1. The van der Waals surface area contributed by atoms with E-state index in [2.05, 4.69) is 9.97 Å². The third kappa shape index (κ3) is 5.52. The first-order valence-electron chi connectivity index (χ1n) is 11.1. The molecule has 0 amide bonds. The predicted molar refractivity (Wildman–Crippen MR) is 135 cm³/mol. The van der Waals surface area contributed by atoms with Gasteiger partial charge in [-0.1, -0.05) is 72.8 Å². The number of aliphatic carboxylic acids is 1. The van der Waals surface area contributed by atoms with Crippen LogP contribution in [0.5, 0.6) is 6.01 Å². The maximum absolute atomic E-state index is 13.9. The number of hydrogen-bond acceptors (Lipinski definition) is 5. The average Bonchev–Trinajstić information content (AvgIpc) is 2.85. The second-order valence-electron chi connectivity index (χ2n) is 8.15. The van der Waals surface area contributed by atoms with Gasteiger partial charge in [-0.15, -0.1) is 11.8 Å². The smallest absolute Gasteiger partial charge is 0.347 e. The van der Waals surface area contributed by atoms with Gasteiger partial charge in [-0.3, -0.25) is 0 Å². The van der Waals surface area contributed by atoms with Crippen LogP contribution in [0, 0.1) is 19.7 Å². The van der Waals surface area contributed by atoms with Crippen LogP contribution in [0.4, 0.5) is 4.39 Å². The molecule has 3 aromatic carbocycles. The highest BCUT2D eigenvalue weighted by molar-refractivity contribution is 7.99. The molecule has 0 aliphatic heterocycles. The Morgan fingerprint density at radius 3 is 2.03 bits per heavy atom. The van der Waals surface area contributed by atoms with Crippen molar-refractivity contribution in [2.45, 2.75) is 30.5 Å². The van der Waals surface area contributed by atoms with E-state index < -0.39 is 22.6 Å². The number of nitrogens with zero attached hydrogens (tertiary/aromatic N) is 2. The molecule has 0 bridgehead atoms. The molecule has 5 nitrogen and oxygen atoms in total. The van der Waals surface area contributed by atoms with E-state index >= 15 is 0 Å². The summed E-state index contributed by atoms with van der Waals surface area (Å²) in [7, 11) is 0. The SMILES string of the molecule is Cc1cc(C)nc(O[C@@H](C(=O)O)[C@@](SCc2ccccc2)(c2ccccc2)c2ccc(F)cc2)n1. The monoisotopic (exact) mass is 488 g/mol. The van der Waals surface area contributed by atoms with Crippen LogP contribution in [-0.2, 0) is 15.3 Å². The summed E-state index contributed by atoms with van der Waals surface area (Å²) in [5, 5.41) is 10.5. The van der Waals surface area contributed by atoms with E-state index in [-0.39, 0.29) is 6.01 Å². The van der Waals surface area contributed by atoms with Crippen LogP contribution in [0.3, 0.4) is 0 Å². The maximum atomic E-state index is 13.9. The van der Waals surface area contributed by atoms with E-state index in [1.54, 1.807) is 32.0 Å². The Bertz CT molecular complexity index is 1270. The second-order valence-corrected chi connectivity index (χ2v) is 9.37. The van der Waals surface area contributed by atoms with Crippen molar-refractivity contribution in [3.05, 3.63) is 125 Å². The number of rotatable bonds is 9. The average molecular weight is 489 g/mol. The number of halogens is 1. The standard InChI is InChI=1S/C28H25FN2O3S/c1-19-17-20(2)31-27(30-19)34-25(26(32)33)28(22-11-7-4-8-12-22,23-13-15-24(29)16-14-23)35-18-21-9-5-3-6-10-21/h3-17,25H,18H2,1-2H3,(H,32,33)/t25-,28+/m0/s1. The zero-order valence-corrected chi connectivity index (χ0v) is 20.2. The lowest BCUT2D eigenvalue weighted by Crippen LogP contribution is -2.47. The number of carboxylic acids is 1. The molecule has 2 atom stereocenters. The largest absolute Gasteiger partial charge is 0.478 e. The molecule has 0 saturated carbocycles. The van der Waals surface area contributed by atoms with Gasteiger partial charge in [0.1, 0.15) is 10.6 Å². The number of thioether (sulfide) groups is 1. The minimum absolute atomic E-state index is 0.0161. The molecule has 0 aliphatic rings. The van der Waals surface area contributed by atoms with Gasteiger partial charge in [0.2, 0.25) is 6.10 Å². The highest BCUT2D eigenvalue weighted by Gasteiger charge is 2.49. The van der Waals surface area contributed by atoms with E-state index in [1.807, 2.05) is 60.7 Å². The van der Waals surface area contributed by atoms with Crippen molar-refractivity contribution in [3.63, 3.8) is 0 Å². The van der Waals surface area contributed by atoms with Crippen molar-refractivity contribution in [1.82, 2.24) is 9.97 Å². The number of carbonyl (C=O) groups is 1. The molecule has 0 saturated heterocycles. The van der Waals surface area contributed by atoms with E-state index in [0.29, 0.717) is 28.3 Å². The zero-order valence-electron chi connectivity index (χ0n) is 19.4. The minimum atomic E-state index is -1.41. The second kappa shape index (κ2) is 10.7. The molecule has 4 rings (SSSR count). The maximum Gasteiger partial charge on any atom is 0.347 e. The molecule has 0 radical (unpaired) electrons. The fourth-order valence-corrected chi connectivity index (χ4v) is 5.52. The lowest BCUT2D eigenvalue weighted by Gasteiger charge is -2.38. The molecule has 0 spiro atoms. The Balaban J connectivity index is 1.91. The first kappa shape index (κ1) is 24.4. The first-order valence-corrected chi connectivity index (χ1v) is 12.1. The van der Waals surface area contributed by atoms with Gasteiger partial charge in [0.15, 0.2) is 0 Å². The van der Waals surface area contributed by atoms with Crippen LogP contribution in [0.15, 0.2) is 91.0 Å². The van der Waals surface area contributed by atoms with E-state index in [0.717, 1.165) is 5.56 Å². The Morgan fingerprint density at radius 1 is 0.914 bits per heavy atom. The lowest BCUT2D eigenvalue weighted by atomic mass is 9.85. The minimum Gasteiger partial charge on any atom is -0.478 e. The molecule has 35 heavy (non-hydrogen) atoms. The Hall–Kier alpha value is -3.71. The molecule has 7 heteroatoms. The van der Waals surface area contributed by atoms with Gasteiger partial charge in [0, 0.05) is 17.1 Å². The Kier molecular flexibility index (Phi) is 7.46. The fourth-order valence-electron chi connectivity index (χ4n) is 4.03. The zero-order chi connectivity index (χ0) is 24.8. The summed E-state index contributed by atoms with van der Waals surface area (Å²) in [6, 6.07) is 26.7. The van der Waals surface area contributed by atoms with Crippen LogP contribution >= 0.6 is 11.8 Å². The molecular formula is C28H25FN2O3S. The molecule has 0 aliphatic carbocycles. The van der Waals surface area contributed by atoms with Gasteiger partial charge in [-0.05, 0) is 48.7 Å². The summed E-state index contributed by atoms with van der Waals surface area (Å²) >= 11 is 1.41. The topological polar surface area (TPSA) is 72.3 Å². The number of aromatic nitrogens is 2. The number of hydrogen-bond donors (Lipinski definition) is 1. The molecule has 1 aromatic heterocycles. The van der Waals surface area contributed by atoms with Crippen LogP contribution in [0.1, 0.15) is 28.1 Å². The third-order valence-corrected chi connectivity index (χ3v) is 7.18. The van der Waals surface area contributed by atoms with Crippen molar-refractivity contribution in [2.75, 3.05) is 0 Å². The van der Waals surface area contributed by atoms with Crippen molar-refractivity contribution < 1.29 is 19.0 Å². The fraction of sp³-hybridized carbons (Fsp3) is 0.179. The van der Waals surface area contributed by atoms with Crippen LogP contribution in [0.25, 0.3) is 0 Å². The van der Waals surface area contributed by atoms with Crippen LogP contribution < -0.4 is 4.74 Å². The van der Waals surface area contributed by atoms with Crippen LogP contribution in [0.2, 0.25) is 0 Å². The summed E-state index contributed by atoms with van der Waals surface area (Å²) in [4.78, 5) is 21.5. The highest BCUT2D eigenvalue weighted by Crippen LogP contribution is 2.48. The lowest BCUT2D eigenvalue weighted by molar-refractivity contribution is -0.146. The summed E-state index contributed by atoms with van der Waals surface area (Å²) < 4.78 is 18.8. The van der Waals surface area contributed by atoms with Gasteiger partial charge in [0.25, 0.3) is 0 Å². The number of aryl methyl sites for hydroxylation is 2. The molecule has 0 unspecified atom stereocenters. The molecule has 1 heterocycles. The Morgan fingerprint density at radius 2 is 1.46 bits per heavy atom. The molecule has 0 fully saturated rings. The third-order valence-electron chi connectivity index (χ3n) is 5.56. The summed E-state index contributed by atoms with van der Waals surface area (Å²) in [6.45, 7) is 3.60. The molecule has 1 N–H and O–H groups in total. The predicted octanol–water partition coefficient (Wildman–Crippen LogP) is 5.94. The van der Waals surface area contributed by atoms with Gasteiger partial charge in [-0.2, -0.15) is 0 Å². The van der Waals surface area contributed by atoms with Crippen molar-refractivity contribution in [1.29, 1.82) is 0 Å². The quantitative estimate of drug-likeness (QED) is 0.314. The molecule has 178 valence electrons. The first-order chi connectivity index (χ1) is 16.9. The highest BCUT2D eigenvalue weighted by atomic mass is 32.2. The van der Waals surface area contributed by atoms with Gasteiger partial charge in [-0.25, -0.2) is 19.2 Å². The summed E-state index contributed by atoms with van der Waals surface area (Å²) in [5.41, 5.74) is 3.67. The summed E-state index contributed by atoms with van der Waals surface area (Å²) in [5.74, 6) is -1.09. The van der Waals surface area contributed by atoms with Gasteiger partial charge >= 0.3 is 12.0 Å². The van der Waals surface area contributed by atoms with Crippen molar-refractivity contribution in [2.24, 2.45) is 0 Å². The van der Waals surface area contributed by atoms with Gasteiger partial charge in [0.05, 0.1) is 0 Å². The van der Waals surface area contributed by atoms with Gasteiger partial charge < -0.3 is 9.84 Å². The Labute approximate surface area is 208 Å². The number of benzene rings is 3. The summed E-state index contributed by atoms with van der Waals surface area (Å²) in [6.07, 6.45) is -1.41. The van der Waals surface area contributed by atoms with Crippen molar-refractivity contribution >= 4 is 17.7 Å². The molecular weight excluding hydrogens is 463 g/mol. The molecule has 4 aromatic rings. The number of ether oxygens (including phenoxy) is 1. The van der Waals surface area contributed by atoms with E-state index in [9.17, 15) is 14.3 Å². The van der Waals surface area contributed by atoms with E-state index in [4.69, 9.17) is 4.74 Å². The normalized spacial score (nSPS) is 13.6.